The number of methoxy groups -OCH3 is 1. The summed E-state index contributed by atoms with van der Waals surface area (Å²) in [5, 5.41) is 0. The van der Waals surface area contributed by atoms with Crippen LogP contribution in [0, 0.1) is 17.8 Å². The highest BCUT2D eigenvalue weighted by Crippen LogP contribution is 2.28. The monoisotopic (exact) mass is 306 g/mol. The van der Waals surface area contributed by atoms with E-state index in [1.54, 1.807) is 13.2 Å². The molecular weight excluding hydrogens is 276 g/mol. The Bertz CT molecular complexity index is 436. The summed E-state index contributed by atoms with van der Waals surface area (Å²) in [7, 11) is 1.74. The normalized spacial score (nSPS) is 27.3. The summed E-state index contributed by atoms with van der Waals surface area (Å²) in [5.41, 5.74) is 1.12. The van der Waals surface area contributed by atoms with E-state index in [0.717, 1.165) is 12.0 Å². The van der Waals surface area contributed by atoms with Crippen molar-refractivity contribution in [1.29, 1.82) is 0 Å². The highest BCUT2D eigenvalue weighted by Gasteiger charge is 2.29. The topological polar surface area (TPSA) is 35.5 Å². The average molecular weight is 306 g/mol. The lowest BCUT2D eigenvalue weighted by Crippen LogP contribution is -2.33. The van der Waals surface area contributed by atoms with Gasteiger partial charge in [-0.3, -0.25) is 4.79 Å². The molecule has 1 saturated heterocycles. The van der Waals surface area contributed by atoms with Crippen molar-refractivity contribution in [3.8, 4) is 0 Å². The average Bonchev–Trinajstić information content (AvgIpc) is 2.48. The highest BCUT2D eigenvalue weighted by atomic mass is 16.5. The van der Waals surface area contributed by atoms with E-state index in [0.29, 0.717) is 12.3 Å². The number of carbonyl (C=O) groups is 1. The van der Waals surface area contributed by atoms with Gasteiger partial charge in [0.25, 0.3) is 0 Å². The van der Waals surface area contributed by atoms with Crippen LogP contribution in [0.5, 0.6) is 0 Å². The predicted molar refractivity (Wildman–Crippen MR) is 90.5 cm³/mol. The Balaban J connectivity index is 2.81. The molecule has 1 rings (SSSR count). The Hall–Kier alpha value is -1.35. The number of hydrogen-bond donors (Lipinski definition) is 0. The molecule has 1 aliphatic rings. The van der Waals surface area contributed by atoms with E-state index >= 15 is 0 Å². The molecule has 0 aromatic carbocycles. The van der Waals surface area contributed by atoms with Gasteiger partial charge in [0.1, 0.15) is 6.10 Å². The van der Waals surface area contributed by atoms with Crippen molar-refractivity contribution in [3.63, 3.8) is 0 Å². The Morgan fingerprint density at radius 3 is 2.68 bits per heavy atom. The van der Waals surface area contributed by atoms with Crippen LogP contribution in [0.2, 0.25) is 0 Å². The first-order chi connectivity index (χ1) is 10.4. The van der Waals surface area contributed by atoms with Crippen molar-refractivity contribution in [1.82, 2.24) is 0 Å². The Morgan fingerprint density at radius 1 is 1.41 bits per heavy atom. The lowest BCUT2D eigenvalue weighted by Gasteiger charge is -2.31. The molecule has 3 heteroatoms. The van der Waals surface area contributed by atoms with Crippen LogP contribution in [-0.4, -0.2) is 25.3 Å². The second-order valence-electron chi connectivity index (χ2n) is 6.38. The summed E-state index contributed by atoms with van der Waals surface area (Å²) in [6.07, 6.45) is 9.43. The molecule has 3 nitrogen and oxygen atoms in total. The zero-order chi connectivity index (χ0) is 16.7. The number of cyclic esters (lactones) is 1. The molecule has 5 atom stereocenters. The molecule has 0 aromatic heterocycles. The first-order valence-corrected chi connectivity index (χ1v) is 8.10. The van der Waals surface area contributed by atoms with E-state index < -0.39 is 0 Å². The third-order valence-corrected chi connectivity index (χ3v) is 4.41. The van der Waals surface area contributed by atoms with Gasteiger partial charge in [0.2, 0.25) is 0 Å². The highest BCUT2D eigenvalue weighted by molar-refractivity contribution is 5.70. The second kappa shape index (κ2) is 8.94. The van der Waals surface area contributed by atoms with Gasteiger partial charge >= 0.3 is 5.97 Å². The maximum absolute atomic E-state index is 11.5. The van der Waals surface area contributed by atoms with Gasteiger partial charge in [0.15, 0.2) is 0 Å². The van der Waals surface area contributed by atoms with Gasteiger partial charge < -0.3 is 9.47 Å². The number of esters is 1. The Labute approximate surface area is 135 Å². The lowest BCUT2D eigenvalue weighted by molar-refractivity contribution is -0.154. The van der Waals surface area contributed by atoms with Gasteiger partial charge in [0.05, 0.1) is 6.10 Å². The summed E-state index contributed by atoms with van der Waals surface area (Å²) < 4.78 is 11.2. The van der Waals surface area contributed by atoms with Crippen molar-refractivity contribution >= 4 is 5.97 Å². The van der Waals surface area contributed by atoms with Gasteiger partial charge in [-0.1, -0.05) is 51.7 Å². The summed E-state index contributed by atoms with van der Waals surface area (Å²) in [4.78, 5) is 11.5. The molecule has 0 saturated carbocycles. The van der Waals surface area contributed by atoms with Crippen LogP contribution in [0.25, 0.3) is 0 Å². The van der Waals surface area contributed by atoms with E-state index in [-0.39, 0.29) is 30.0 Å². The fourth-order valence-corrected chi connectivity index (χ4v) is 3.23. The Kier molecular flexibility index (Phi) is 7.60. The zero-order valence-corrected chi connectivity index (χ0v) is 14.5. The molecule has 5 unspecified atom stereocenters. The van der Waals surface area contributed by atoms with E-state index in [1.807, 2.05) is 13.0 Å². The standard InChI is InChI=1S/C19H30O3/c1-7-8-9-13(2)18(21-6)15(4)12-16(5)19-14(3)10-11-17(20)22-19/h7-9,12-15,18-19H,1,10-11H2,2-6H3/b9-8-,16-12+. The van der Waals surface area contributed by atoms with E-state index in [4.69, 9.17) is 9.47 Å². The van der Waals surface area contributed by atoms with Crippen molar-refractivity contribution in [2.75, 3.05) is 7.11 Å². The molecule has 0 aliphatic carbocycles. The summed E-state index contributed by atoms with van der Waals surface area (Å²) in [6, 6.07) is 0. The van der Waals surface area contributed by atoms with E-state index in [1.165, 1.54) is 0 Å². The van der Waals surface area contributed by atoms with Crippen molar-refractivity contribution in [3.05, 3.63) is 36.5 Å². The second-order valence-corrected chi connectivity index (χ2v) is 6.38. The van der Waals surface area contributed by atoms with Crippen LogP contribution in [0.4, 0.5) is 0 Å². The SMILES string of the molecule is C=C/C=C\C(C)C(OC)C(C)/C=C(\C)C1OC(=O)CCC1C. The van der Waals surface area contributed by atoms with Crippen LogP contribution >= 0.6 is 0 Å². The predicted octanol–water partition coefficient (Wildman–Crippen LogP) is 4.30. The smallest absolute Gasteiger partial charge is 0.306 e. The molecule has 22 heavy (non-hydrogen) atoms. The van der Waals surface area contributed by atoms with Crippen molar-refractivity contribution < 1.29 is 14.3 Å². The van der Waals surface area contributed by atoms with Gasteiger partial charge in [-0.2, -0.15) is 0 Å². The van der Waals surface area contributed by atoms with Crippen molar-refractivity contribution in [2.45, 2.75) is 52.7 Å². The largest absolute Gasteiger partial charge is 0.458 e. The zero-order valence-electron chi connectivity index (χ0n) is 14.5. The molecule has 124 valence electrons. The molecule has 1 heterocycles. The van der Waals surface area contributed by atoms with Crippen LogP contribution < -0.4 is 0 Å². The van der Waals surface area contributed by atoms with Crippen LogP contribution in [0.3, 0.4) is 0 Å². The number of carbonyl (C=O) groups excluding carboxylic acids is 1. The minimum Gasteiger partial charge on any atom is -0.458 e. The van der Waals surface area contributed by atoms with E-state index in [9.17, 15) is 4.79 Å². The summed E-state index contributed by atoms with van der Waals surface area (Å²) in [5.74, 6) is 0.810. The molecule has 0 N–H and O–H groups in total. The number of ether oxygens (including phenoxy) is 2. The molecule has 0 radical (unpaired) electrons. The fraction of sp³-hybridized carbons (Fsp3) is 0.632. The molecule has 0 aromatic rings. The maximum Gasteiger partial charge on any atom is 0.306 e. The quantitative estimate of drug-likeness (QED) is 0.399. The van der Waals surface area contributed by atoms with Crippen LogP contribution in [0.1, 0.15) is 40.5 Å². The minimum absolute atomic E-state index is 0.0840. The number of allylic oxidation sites excluding steroid dienone is 2. The van der Waals surface area contributed by atoms with Gasteiger partial charge in [-0.05, 0) is 24.8 Å². The summed E-state index contributed by atoms with van der Waals surface area (Å²) in [6.45, 7) is 12.2. The minimum atomic E-state index is -0.0970. The molecule has 0 spiro atoms. The van der Waals surface area contributed by atoms with Crippen LogP contribution in [0.15, 0.2) is 36.5 Å². The molecule has 0 amide bonds. The first kappa shape index (κ1) is 18.7. The molecular formula is C19H30O3. The fourth-order valence-electron chi connectivity index (χ4n) is 3.23. The molecule has 0 bridgehead atoms. The summed E-state index contributed by atoms with van der Waals surface area (Å²) >= 11 is 0. The third-order valence-electron chi connectivity index (χ3n) is 4.41. The lowest BCUT2D eigenvalue weighted by atomic mass is 9.87. The Morgan fingerprint density at radius 2 is 2.09 bits per heavy atom. The van der Waals surface area contributed by atoms with Gasteiger partial charge in [-0.25, -0.2) is 0 Å². The van der Waals surface area contributed by atoms with Crippen LogP contribution in [-0.2, 0) is 14.3 Å². The van der Waals surface area contributed by atoms with E-state index in [2.05, 4.69) is 39.5 Å². The van der Waals surface area contributed by atoms with Gasteiger partial charge in [0, 0.05) is 25.4 Å². The molecule has 1 aliphatic heterocycles. The first-order valence-electron chi connectivity index (χ1n) is 8.10. The van der Waals surface area contributed by atoms with Crippen molar-refractivity contribution in [2.24, 2.45) is 17.8 Å². The number of rotatable bonds is 7. The number of hydrogen-bond acceptors (Lipinski definition) is 3. The van der Waals surface area contributed by atoms with Gasteiger partial charge in [-0.15, -0.1) is 0 Å². The maximum atomic E-state index is 11.5. The molecule has 1 fully saturated rings. The third kappa shape index (κ3) is 5.13.